The molecular weight excluding hydrogens is 508 g/mol. The minimum absolute atomic E-state index is 0.00404. The first-order valence-corrected chi connectivity index (χ1v) is 12.1. The van der Waals surface area contributed by atoms with E-state index in [2.05, 4.69) is 20.6 Å². The second-order valence-electron chi connectivity index (χ2n) is 8.09. The summed E-state index contributed by atoms with van der Waals surface area (Å²) in [4.78, 5) is 50.1. The highest BCUT2D eigenvalue weighted by molar-refractivity contribution is 6.01. The summed E-state index contributed by atoms with van der Waals surface area (Å²) in [6.45, 7) is 6.34. The maximum Gasteiger partial charge on any atom is 0.361 e. The number of carbonyl (C=O) groups excluding carboxylic acids is 4. The molecule has 1 aliphatic carbocycles. The van der Waals surface area contributed by atoms with Crippen molar-refractivity contribution in [3.05, 3.63) is 22.8 Å². The Morgan fingerprint density at radius 2 is 0.974 bits per heavy atom. The molecule has 0 spiro atoms. The zero-order chi connectivity index (χ0) is 28.0. The van der Waals surface area contributed by atoms with Crippen molar-refractivity contribution < 1.29 is 48.3 Å². The van der Waals surface area contributed by atoms with Gasteiger partial charge in [0.25, 0.3) is 0 Å². The predicted molar refractivity (Wildman–Crippen MR) is 123 cm³/mol. The van der Waals surface area contributed by atoms with E-state index in [-0.39, 0.29) is 50.7 Å². The molecule has 2 aromatic rings. The van der Waals surface area contributed by atoms with Gasteiger partial charge in [0.1, 0.15) is 0 Å². The van der Waals surface area contributed by atoms with Crippen LogP contribution in [-0.4, -0.2) is 103 Å². The lowest BCUT2D eigenvalue weighted by atomic mass is 9.86. The average Bonchev–Trinajstić information content (AvgIpc) is 3.51. The Kier molecular flexibility index (Phi) is 9.46. The second kappa shape index (κ2) is 12.6. The Labute approximate surface area is 216 Å². The zero-order valence-corrected chi connectivity index (χ0v) is 21.4. The number of aliphatic hydroxyl groups is 2. The molecule has 1 aliphatic rings. The van der Waals surface area contributed by atoms with E-state index in [1.165, 1.54) is 0 Å². The Morgan fingerprint density at radius 3 is 1.29 bits per heavy atom. The van der Waals surface area contributed by atoms with E-state index < -0.39 is 59.6 Å². The lowest BCUT2D eigenvalue weighted by Crippen LogP contribution is -2.43. The Balaban J connectivity index is 1.97. The molecule has 208 valence electrons. The summed E-state index contributed by atoms with van der Waals surface area (Å²) in [6, 6.07) is -2.04. The number of aromatic nitrogens is 6. The van der Waals surface area contributed by atoms with Crippen molar-refractivity contribution in [2.45, 2.75) is 64.8 Å². The van der Waals surface area contributed by atoms with Crippen molar-refractivity contribution >= 4 is 23.9 Å². The summed E-state index contributed by atoms with van der Waals surface area (Å²) < 4.78 is 22.0. The van der Waals surface area contributed by atoms with E-state index in [1.54, 1.807) is 27.7 Å². The summed E-state index contributed by atoms with van der Waals surface area (Å²) >= 11 is 0. The molecular formula is C22H30N6O10. The molecule has 2 N–H and O–H groups in total. The zero-order valence-electron chi connectivity index (χ0n) is 21.4. The molecule has 3 rings (SSSR count). The number of ether oxygens (including phenoxy) is 4. The van der Waals surface area contributed by atoms with Gasteiger partial charge in [-0.15, -0.1) is 10.2 Å². The van der Waals surface area contributed by atoms with Gasteiger partial charge < -0.3 is 29.2 Å². The van der Waals surface area contributed by atoms with Crippen molar-refractivity contribution in [1.82, 2.24) is 30.0 Å². The van der Waals surface area contributed by atoms with Crippen LogP contribution < -0.4 is 0 Å². The highest BCUT2D eigenvalue weighted by atomic mass is 16.5. The lowest BCUT2D eigenvalue weighted by molar-refractivity contribution is -0.0317. The van der Waals surface area contributed by atoms with Gasteiger partial charge in [0.05, 0.1) is 50.7 Å². The van der Waals surface area contributed by atoms with Crippen LogP contribution in [0.2, 0.25) is 0 Å². The minimum Gasteiger partial charge on any atom is -0.461 e. The van der Waals surface area contributed by atoms with Gasteiger partial charge in [0, 0.05) is 12.8 Å². The van der Waals surface area contributed by atoms with Gasteiger partial charge in [-0.3, -0.25) is 0 Å². The molecule has 1 fully saturated rings. The number of hydrogen-bond donors (Lipinski definition) is 2. The van der Waals surface area contributed by atoms with Gasteiger partial charge in [0.15, 0.2) is 11.4 Å². The van der Waals surface area contributed by atoms with Gasteiger partial charge in [-0.2, -0.15) is 0 Å². The average molecular weight is 539 g/mol. The summed E-state index contributed by atoms with van der Waals surface area (Å²) in [5.41, 5.74) is -1.46. The molecule has 0 aromatic carbocycles. The molecule has 4 atom stereocenters. The van der Waals surface area contributed by atoms with E-state index >= 15 is 0 Å². The van der Waals surface area contributed by atoms with Crippen LogP contribution in [0.1, 0.15) is 94.6 Å². The first-order valence-electron chi connectivity index (χ1n) is 12.1. The van der Waals surface area contributed by atoms with Crippen molar-refractivity contribution in [1.29, 1.82) is 0 Å². The molecule has 0 saturated heterocycles. The van der Waals surface area contributed by atoms with Crippen LogP contribution in [0.15, 0.2) is 0 Å². The van der Waals surface area contributed by atoms with Crippen molar-refractivity contribution in [2.75, 3.05) is 26.4 Å². The molecule has 0 amide bonds. The number of rotatable bonds is 10. The van der Waals surface area contributed by atoms with Crippen LogP contribution >= 0.6 is 0 Å². The van der Waals surface area contributed by atoms with E-state index in [4.69, 9.17) is 18.9 Å². The minimum atomic E-state index is -1.28. The van der Waals surface area contributed by atoms with E-state index in [9.17, 15) is 29.4 Å². The summed E-state index contributed by atoms with van der Waals surface area (Å²) in [5.74, 6) is -3.63. The molecule has 16 nitrogen and oxygen atoms in total. The fraction of sp³-hybridized carbons (Fsp3) is 0.636. The molecule has 1 saturated carbocycles. The van der Waals surface area contributed by atoms with Gasteiger partial charge in [-0.25, -0.2) is 28.5 Å². The van der Waals surface area contributed by atoms with Crippen LogP contribution in [0.5, 0.6) is 0 Å². The number of carbonyl (C=O) groups is 4. The van der Waals surface area contributed by atoms with E-state index in [0.717, 1.165) is 9.36 Å². The van der Waals surface area contributed by atoms with Gasteiger partial charge in [-0.05, 0) is 27.7 Å². The normalized spacial score (nSPS) is 21.0. The van der Waals surface area contributed by atoms with Crippen LogP contribution in [0, 0.1) is 0 Å². The van der Waals surface area contributed by atoms with Gasteiger partial charge in [0.2, 0.25) is 11.4 Å². The highest BCUT2D eigenvalue weighted by Crippen LogP contribution is 2.37. The largest absolute Gasteiger partial charge is 0.461 e. The number of aliphatic hydroxyl groups excluding tert-OH is 2. The van der Waals surface area contributed by atoms with Crippen molar-refractivity contribution in [3.63, 3.8) is 0 Å². The summed E-state index contributed by atoms with van der Waals surface area (Å²) in [7, 11) is 0. The fourth-order valence-corrected chi connectivity index (χ4v) is 4.15. The lowest BCUT2D eigenvalue weighted by Gasteiger charge is -2.37. The van der Waals surface area contributed by atoms with Crippen molar-refractivity contribution in [2.24, 2.45) is 0 Å². The maximum absolute atomic E-state index is 12.7. The van der Waals surface area contributed by atoms with Crippen LogP contribution in [0.25, 0.3) is 0 Å². The van der Waals surface area contributed by atoms with Crippen molar-refractivity contribution in [3.8, 4) is 0 Å². The molecule has 0 radical (unpaired) electrons. The molecule has 16 heteroatoms. The highest BCUT2D eigenvalue weighted by Gasteiger charge is 2.43. The van der Waals surface area contributed by atoms with Gasteiger partial charge in [-0.1, -0.05) is 10.4 Å². The third-order valence-corrected chi connectivity index (χ3v) is 5.75. The molecule has 2 heterocycles. The topological polar surface area (TPSA) is 207 Å². The molecule has 2 aromatic heterocycles. The molecule has 38 heavy (non-hydrogen) atoms. The standard InChI is InChI=1S/C22H30N6O10/c1-5-35-19(31)15-17(21(33)37-7-3)27(25-23-15)11-9-14(30)12(10-13(11)29)28-18(22(34)38-8-4)16(24-26-28)20(32)36-6-2/h11-14,29-30H,5-10H2,1-4H3. The fourth-order valence-electron chi connectivity index (χ4n) is 4.15. The quantitative estimate of drug-likeness (QED) is 0.298. The third-order valence-electron chi connectivity index (χ3n) is 5.75. The summed E-state index contributed by atoms with van der Waals surface area (Å²) in [5, 5.41) is 37.4. The van der Waals surface area contributed by atoms with Gasteiger partial charge >= 0.3 is 23.9 Å². The number of esters is 4. The monoisotopic (exact) mass is 538 g/mol. The Hall–Kier alpha value is -3.92. The number of nitrogens with zero attached hydrogens (tertiary/aromatic N) is 6. The van der Waals surface area contributed by atoms with Crippen LogP contribution in [-0.2, 0) is 18.9 Å². The SMILES string of the molecule is CCOC(=O)c1nnn(C2CC(O)C(n3nnc(C(=O)OCC)c3C(=O)OCC)CC2O)c1C(=O)OCC. The smallest absolute Gasteiger partial charge is 0.361 e. The molecule has 0 aliphatic heterocycles. The molecule has 0 bridgehead atoms. The third kappa shape index (κ3) is 5.65. The first-order chi connectivity index (χ1) is 18.2. The Morgan fingerprint density at radius 1 is 0.658 bits per heavy atom. The molecule has 4 unspecified atom stereocenters. The first kappa shape index (κ1) is 28.6. The van der Waals surface area contributed by atoms with E-state index in [0.29, 0.717) is 0 Å². The van der Waals surface area contributed by atoms with Crippen LogP contribution in [0.4, 0.5) is 0 Å². The van der Waals surface area contributed by atoms with E-state index in [1.807, 2.05) is 0 Å². The summed E-state index contributed by atoms with van der Waals surface area (Å²) in [6.07, 6.45) is -2.97. The van der Waals surface area contributed by atoms with Crippen LogP contribution in [0.3, 0.4) is 0 Å². The number of hydrogen-bond acceptors (Lipinski definition) is 14. The maximum atomic E-state index is 12.7. The second-order valence-corrected chi connectivity index (χ2v) is 8.09. The predicted octanol–water partition coefficient (Wildman–Crippen LogP) is -0.126. The Bertz CT molecular complexity index is 1090.